The van der Waals surface area contributed by atoms with Crippen molar-refractivity contribution >= 4 is 5.97 Å². The molecule has 4 heteroatoms. The molecule has 0 N–H and O–H groups in total. The number of rotatable bonds is 12. The topological polar surface area (TPSA) is 48.7 Å². The summed E-state index contributed by atoms with van der Waals surface area (Å²) in [6.07, 6.45) is 17.9. The summed E-state index contributed by atoms with van der Waals surface area (Å²) in [5.41, 5.74) is 4.71. The lowest BCUT2D eigenvalue weighted by atomic mass is 10.0. The zero-order chi connectivity index (χ0) is 21.9. The zero-order valence-corrected chi connectivity index (χ0v) is 19.1. The quantitative estimate of drug-likeness (QED) is 0.272. The van der Waals surface area contributed by atoms with Crippen molar-refractivity contribution in [2.75, 3.05) is 7.11 Å². The van der Waals surface area contributed by atoms with Gasteiger partial charge < -0.3 is 13.9 Å². The summed E-state index contributed by atoms with van der Waals surface area (Å²) in [5, 5.41) is 0. The normalized spacial score (nSPS) is 17.6. The maximum Gasteiger partial charge on any atom is 0.343 e. The number of furan rings is 1. The number of aryl methyl sites for hydroxylation is 1. The number of esters is 1. The molecule has 0 aromatic carbocycles. The van der Waals surface area contributed by atoms with E-state index in [9.17, 15) is 4.79 Å². The molecular formula is C26H36O4. The Morgan fingerprint density at radius 1 is 1.17 bits per heavy atom. The molecule has 1 aromatic heterocycles. The summed E-state index contributed by atoms with van der Waals surface area (Å²) >= 11 is 0. The molecular weight excluding hydrogens is 376 g/mol. The SMILES string of the molecule is COC1=C(C)C(=O)OC1=CC(C)CCC=C(C)CCC=C(C)CCCc1ccoc1. The molecule has 4 nitrogen and oxygen atoms in total. The molecule has 0 saturated heterocycles. The van der Waals surface area contributed by atoms with Crippen LogP contribution in [0.5, 0.6) is 0 Å². The molecule has 1 aromatic rings. The minimum Gasteiger partial charge on any atom is -0.492 e. The Morgan fingerprint density at radius 3 is 2.60 bits per heavy atom. The second kappa shape index (κ2) is 12.3. The number of cyclic esters (lactones) is 1. The number of hydrogen-bond donors (Lipinski definition) is 0. The molecule has 0 fully saturated rings. The van der Waals surface area contributed by atoms with Gasteiger partial charge in [0.2, 0.25) is 0 Å². The Balaban J connectivity index is 1.67. The van der Waals surface area contributed by atoms with Crippen molar-refractivity contribution in [2.24, 2.45) is 5.92 Å². The van der Waals surface area contributed by atoms with Gasteiger partial charge in [0.1, 0.15) is 0 Å². The van der Waals surface area contributed by atoms with Crippen molar-refractivity contribution in [3.8, 4) is 0 Å². The van der Waals surface area contributed by atoms with Crippen LogP contribution in [0.1, 0.15) is 71.8 Å². The van der Waals surface area contributed by atoms with Gasteiger partial charge in [0.25, 0.3) is 0 Å². The molecule has 1 unspecified atom stereocenters. The Hall–Kier alpha value is -2.49. The van der Waals surface area contributed by atoms with E-state index in [1.54, 1.807) is 20.3 Å². The molecule has 1 aliphatic heterocycles. The lowest BCUT2D eigenvalue weighted by Crippen LogP contribution is -1.97. The molecule has 164 valence electrons. The third-order valence-corrected chi connectivity index (χ3v) is 5.48. The van der Waals surface area contributed by atoms with Crippen molar-refractivity contribution < 1.29 is 18.7 Å². The number of allylic oxidation sites excluding steroid dienone is 5. The molecule has 1 atom stereocenters. The maximum atomic E-state index is 11.7. The lowest BCUT2D eigenvalue weighted by molar-refractivity contribution is -0.133. The van der Waals surface area contributed by atoms with Gasteiger partial charge in [-0.05, 0) is 89.3 Å². The minimum absolute atomic E-state index is 0.310. The summed E-state index contributed by atoms with van der Waals surface area (Å²) in [4.78, 5) is 11.7. The molecule has 2 heterocycles. The predicted octanol–water partition coefficient (Wildman–Crippen LogP) is 7.05. The Labute approximate surface area is 181 Å². The molecule has 0 saturated carbocycles. The largest absolute Gasteiger partial charge is 0.492 e. The summed E-state index contributed by atoms with van der Waals surface area (Å²) in [6, 6.07) is 2.04. The van der Waals surface area contributed by atoms with Crippen LogP contribution < -0.4 is 0 Å². The Bertz CT molecular complexity index is 806. The first-order valence-corrected chi connectivity index (χ1v) is 10.9. The van der Waals surface area contributed by atoms with Gasteiger partial charge in [-0.2, -0.15) is 0 Å². The van der Waals surface area contributed by atoms with Crippen LogP contribution in [0.15, 0.2) is 69.5 Å². The van der Waals surface area contributed by atoms with Gasteiger partial charge in [0.05, 0.1) is 25.2 Å². The van der Waals surface area contributed by atoms with E-state index >= 15 is 0 Å². The van der Waals surface area contributed by atoms with Crippen LogP contribution in [0.3, 0.4) is 0 Å². The first kappa shape index (κ1) is 23.8. The second-order valence-corrected chi connectivity index (χ2v) is 8.26. The highest BCUT2D eigenvalue weighted by Crippen LogP contribution is 2.28. The number of ether oxygens (including phenoxy) is 2. The van der Waals surface area contributed by atoms with Crippen molar-refractivity contribution in [1.82, 2.24) is 0 Å². The number of methoxy groups -OCH3 is 1. The third-order valence-electron chi connectivity index (χ3n) is 5.48. The second-order valence-electron chi connectivity index (χ2n) is 8.26. The maximum absolute atomic E-state index is 11.7. The van der Waals surface area contributed by atoms with E-state index in [0.29, 0.717) is 23.0 Å². The highest BCUT2D eigenvalue weighted by molar-refractivity contribution is 5.93. The summed E-state index contributed by atoms with van der Waals surface area (Å²) in [6.45, 7) is 8.30. The molecule has 0 radical (unpaired) electrons. The van der Waals surface area contributed by atoms with E-state index in [1.165, 1.54) is 23.1 Å². The molecule has 0 aliphatic carbocycles. The van der Waals surface area contributed by atoms with E-state index in [1.807, 2.05) is 18.4 Å². The number of hydrogen-bond acceptors (Lipinski definition) is 4. The fourth-order valence-corrected chi connectivity index (χ4v) is 3.55. The van der Waals surface area contributed by atoms with Crippen molar-refractivity contribution in [3.63, 3.8) is 0 Å². The third kappa shape index (κ3) is 7.74. The Kier molecular flexibility index (Phi) is 9.72. The van der Waals surface area contributed by atoms with E-state index in [2.05, 4.69) is 32.9 Å². The summed E-state index contributed by atoms with van der Waals surface area (Å²) < 4.78 is 15.7. The first-order chi connectivity index (χ1) is 14.4. The number of carbonyl (C=O) groups excluding carboxylic acids is 1. The van der Waals surface area contributed by atoms with Gasteiger partial charge in [-0.3, -0.25) is 0 Å². The fraction of sp³-hybridized carbons (Fsp3) is 0.500. The van der Waals surface area contributed by atoms with Crippen LogP contribution in [0, 0.1) is 5.92 Å². The molecule has 0 spiro atoms. The highest BCUT2D eigenvalue weighted by atomic mass is 16.6. The summed E-state index contributed by atoms with van der Waals surface area (Å²) in [7, 11) is 1.57. The molecule has 30 heavy (non-hydrogen) atoms. The molecule has 0 bridgehead atoms. The van der Waals surface area contributed by atoms with Crippen molar-refractivity contribution in [1.29, 1.82) is 0 Å². The van der Waals surface area contributed by atoms with E-state index in [0.717, 1.165) is 38.5 Å². The monoisotopic (exact) mass is 412 g/mol. The van der Waals surface area contributed by atoms with E-state index < -0.39 is 0 Å². The van der Waals surface area contributed by atoms with Gasteiger partial charge in [-0.1, -0.05) is 30.2 Å². The fourth-order valence-electron chi connectivity index (χ4n) is 3.55. The van der Waals surface area contributed by atoms with Crippen molar-refractivity contribution in [2.45, 2.75) is 72.6 Å². The van der Waals surface area contributed by atoms with E-state index in [4.69, 9.17) is 13.9 Å². The lowest BCUT2D eigenvalue weighted by Gasteiger charge is -2.08. The van der Waals surface area contributed by atoms with E-state index in [-0.39, 0.29) is 5.97 Å². The standard InChI is InChI=1S/C26H36O4/c1-19(9-6-10-20(2)12-8-14-23-15-16-29-18-23)11-7-13-21(3)17-24-25(28-5)22(4)26(27)30-24/h10-11,15-18,21H,6-9,12-14H2,1-5H3. The van der Waals surface area contributed by atoms with Gasteiger partial charge in [-0.25, -0.2) is 4.79 Å². The number of carbonyl (C=O) groups is 1. The first-order valence-electron chi connectivity index (χ1n) is 10.9. The average Bonchev–Trinajstić information content (AvgIpc) is 3.30. The van der Waals surface area contributed by atoms with Crippen molar-refractivity contribution in [3.05, 3.63) is 70.6 Å². The molecule has 2 rings (SSSR count). The van der Waals surface area contributed by atoms with Crippen LogP contribution in [0.2, 0.25) is 0 Å². The highest BCUT2D eigenvalue weighted by Gasteiger charge is 2.27. The van der Waals surface area contributed by atoms with Gasteiger partial charge in [0.15, 0.2) is 11.5 Å². The zero-order valence-electron chi connectivity index (χ0n) is 19.1. The molecule has 0 amide bonds. The van der Waals surface area contributed by atoms with Crippen LogP contribution in [0.25, 0.3) is 0 Å². The average molecular weight is 413 g/mol. The predicted molar refractivity (Wildman–Crippen MR) is 121 cm³/mol. The molecule has 1 aliphatic rings. The van der Waals surface area contributed by atoms with Crippen LogP contribution >= 0.6 is 0 Å². The van der Waals surface area contributed by atoms with Gasteiger partial charge in [-0.15, -0.1) is 0 Å². The van der Waals surface area contributed by atoms with Gasteiger partial charge in [0, 0.05) is 0 Å². The van der Waals surface area contributed by atoms with Crippen LogP contribution in [-0.4, -0.2) is 13.1 Å². The summed E-state index contributed by atoms with van der Waals surface area (Å²) in [5.74, 6) is 1.11. The Morgan fingerprint density at radius 2 is 1.90 bits per heavy atom. The smallest absolute Gasteiger partial charge is 0.343 e. The van der Waals surface area contributed by atoms with Gasteiger partial charge >= 0.3 is 5.97 Å². The van der Waals surface area contributed by atoms with Crippen LogP contribution in [-0.2, 0) is 20.7 Å². The minimum atomic E-state index is -0.314. The van der Waals surface area contributed by atoms with Crippen LogP contribution in [0.4, 0.5) is 0 Å².